The molecular weight excluding hydrogens is 286 g/mol. The van der Waals surface area contributed by atoms with Crippen molar-refractivity contribution in [2.45, 2.75) is 76.7 Å². The summed E-state index contributed by atoms with van der Waals surface area (Å²) >= 11 is 0. The molecule has 0 bridgehead atoms. The van der Waals surface area contributed by atoms with Crippen LogP contribution in [0.5, 0.6) is 0 Å². The molecule has 134 valence electrons. The van der Waals surface area contributed by atoms with Gasteiger partial charge < -0.3 is 19.4 Å². The number of ether oxygens (including phenoxy) is 1. The lowest BCUT2D eigenvalue weighted by molar-refractivity contribution is -0.0694. The average molecular weight is 324 g/mol. The van der Waals surface area contributed by atoms with Gasteiger partial charge in [-0.25, -0.2) is 0 Å². The SMILES string of the molecule is CC(C)N1CCC(N2CCC(OC3CCN(C)CC3)CC2)CC1. The maximum absolute atomic E-state index is 6.40. The van der Waals surface area contributed by atoms with Crippen molar-refractivity contribution in [1.82, 2.24) is 14.7 Å². The highest BCUT2D eigenvalue weighted by atomic mass is 16.5. The molecule has 0 aliphatic carbocycles. The van der Waals surface area contributed by atoms with Crippen molar-refractivity contribution < 1.29 is 4.74 Å². The normalized spacial score (nSPS) is 28.7. The van der Waals surface area contributed by atoms with Crippen LogP contribution in [0.1, 0.15) is 52.4 Å². The third-order valence-electron chi connectivity index (χ3n) is 6.27. The molecule has 4 heteroatoms. The van der Waals surface area contributed by atoms with E-state index in [2.05, 4.69) is 35.6 Å². The first-order valence-electron chi connectivity index (χ1n) is 9.94. The minimum absolute atomic E-state index is 0.524. The summed E-state index contributed by atoms with van der Waals surface area (Å²) in [4.78, 5) is 7.81. The van der Waals surface area contributed by atoms with Crippen molar-refractivity contribution in [3.8, 4) is 0 Å². The fourth-order valence-corrected chi connectivity index (χ4v) is 4.54. The number of piperidine rings is 3. The highest BCUT2D eigenvalue weighted by molar-refractivity contribution is 4.85. The van der Waals surface area contributed by atoms with Crippen molar-refractivity contribution in [3.05, 3.63) is 0 Å². The Balaban J connectivity index is 1.36. The predicted molar refractivity (Wildman–Crippen MR) is 95.9 cm³/mol. The molecule has 0 atom stereocenters. The molecule has 3 heterocycles. The van der Waals surface area contributed by atoms with E-state index in [1.54, 1.807) is 0 Å². The molecule has 3 rings (SSSR count). The van der Waals surface area contributed by atoms with Gasteiger partial charge in [-0.15, -0.1) is 0 Å². The summed E-state index contributed by atoms with van der Waals surface area (Å²) in [6.07, 6.45) is 8.71. The van der Waals surface area contributed by atoms with E-state index < -0.39 is 0 Å². The van der Waals surface area contributed by atoms with E-state index in [1.165, 1.54) is 77.8 Å². The topological polar surface area (TPSA) is 19.0 Å². The first kappa shape index (κ1) is 17.7. The molecule has 23 heavy (non-hydrogen) atoms. The number of hydrogen-bond donors (Lipinski definition) is 0. The van der Waals surface area contributed by atoms with Gasteiger partial charge in [0.15, 0.2) is 0 Å². The molecule has 0 aromatic carbocycles. The van der Waals surface area contributed by atoms with Gasteiger partial charge in [-0.05, 0) is 72.5 Å². The van der Waals surface area contributed by atoms with Crippen LogP contribution in [0.4, 0.5) is 0 Å². The Labute approximate surface area is 143 Å². The lowest BCUT2D eigenvalue weighted by Crippen LogP contribution is -2.50. The van der Waals surface area contributed by atoms with Crippen molar-refractivity contribution in [2.75, 3.05) is 46.3 Å². The molecule has 3 aliphatic rings. The minimum atomic E-state index is 0.524. The van der Waals surface area contributed by atoms with Crippen LogP contribution in [0.2, 0.25) is 0 Å². The van der Waals surface area contributed by atoms with E-state index in [-0.39, 0.29) is 0 Å². The van der Waals surface area contributed by atoms with Gasteiger partial charge in [-0.3, -0.25) is 0 Å². The van der Waals surface area contributed by atoms with Crippen molar-refractivity contribution in [2.24, 2.45) is 0 Å². The minimum Gasteiger partial charge on any atom is -0.375 e. The second kappa shape index (κ2) is 8.28. The third kappa shape index (κ3) is 4.91. The maximum atomic E-state index is 6.40. The second-order valence-corrected chi connectivity index (χ2v) is 8.23. The smallest absolute Gasteiger partial charge is 0.0603 e. The van der Waals surface area contributed by atoms with Crippen LogP contribution in [0.3, 0.4) is 0 Å². The second-order valence-electron chi connectivity index (χ2n) is 8.23. The summed E-state index contributed by atoms with van der Waals surface area (Å²) in [5, 5.41) is 0. The Kier molecular flexibility index (Phi) is 6.36. The molecule has 3 aliphatic heterocycles. The first-order chi connectivity index (χ1) is 11.1. The van der Waals surface area contributed by atoms with Gasteiger partial charge in [-0.1, -0.05) is 0 Å². The van der Waals surface area contributed by atoms with Crippen molar-refractivity contribution in [1.29, 1.82) is 0 Å². The lowest BCUT2D eigenvalue weighted by Gasteiger charge is -2.43. The van der Waals surface area contributed by atoms with E-state index in [4.69, 9.17) is 4.74 Å². The van der Waals surface area contributed by atoms with Gasteiger partial charge >= 0.3 is 0 Å². The quantitative estimate of drug-likeness (QED) is 0.791. The Bertz CT molecular complexity index is 339. The van der Waals surface area contributed by atoms with Crippen LogP contribution in [0, 0.1) is 0 Å². The molecule has 0 aromatic heterocycles. The molecule has 3 fully saturated rings. The number of likely N-dealkylation sites (tertiary alicyclic amines) is 3. The van der Waals surface area contributed by atoms with E-state index in [9.17, 15) is 0 Å². The molecule has 0 aromatic rings. The van der Waals surface area contributed by atoms with E-state index in [0.717, 1.165) is 6.04 Å². The highest BCUT2D eigenvalue weighted by Gasteiger charge is 2.30. The lowest BCUT2D eigenvalue weighted by atomic mass is 9.98. The molecule has 0 radical (unpaired) electrons. The Morgan fingerprint density at radius 1 is 0.739 bits per heavy atom. The summed E-state index contributed by atoms with van der Waals surface area (Å²) in [6.45, 7) is 12.1. The van der Waals surface area contributed by atoms with Crippen LogP contribution in [0.15, 0.2) is 0 Å². The van der Waals surface area contributed by atoms with Crippen LogP contribution in [-0.2, 0) is 4.74 Å². The predicted octanol–water partition coefficient (Wildman–Crippen LogP) is 2.43. The summed E-state index contributed by atoms with van der Waals surface area (Å²) < 4.78 is 6.40. The average Bonchev–Trinajstić information content (AvgIpc) is 2.58. The van der Waals surface area contributed by atoms with Crippen LogP contribution < -0.4 is 0 Å². The van der Waals surface area contributed by atoms with Gasteiger partial charge in [0.1, 0.15) is 0 Å². The fourth-order valence-electron chi connectivity index (χ4n) is 4.54. The molecule has 0 amide bonds. The zero-order valence-corrected chi connectivity index (χ0v) is 15.5. The van der Waals surface area contributed by atoms with Crippen LogP contribution in [0.25, 0.3) is 0 Å². The van der Waals surface area contributed by atoms with Gasteiger partial charge in [0.05, 0.1) is 12.2 Å². The number of rotatable bonds is 4. The van der Waals surface area contributed by atoms with Gasteiger partial charge in [0.2, 0.25) is 0 Å². The fraction of sp³-hybridized carbons (Fsp3) is 1.00. The van der Waals surface area contributed by atoms with Crippen LogP contribution in [-0.4, -0.2) is 85.3 Å². The van der Waals surface area contributed by atoms with Gasteiger partial charge in [0.25, 0.3) is 0 Å². The highest BCUT2D eigenvalue weighted by Crippen LogP contribution is 2.25. The maximum Gasteiger partial charge on any atom is 0.0603 e. The summed E-state index contributed by atoms with van der Waals surface area (Å²) in [5.41, 5.74) is 0. The summed E-state index contributed by atoms with van der Waals surface area (Å²) in [5.74, 6) is 0. The summed E-state index contributed by atoms with van der Waals surface area (Å²) in [6, 6.07) is 1.54. The molecule has 0 unspecified atom stereocenters. The molecule has 0 spiro atoms. The molecule has 4 nitrogen and oxygen atoms in total. The monoisotopic (exact) mass is 323 g/mol. The van der Waals surface area contributed by atoms with E-state index >= 15 is 0 Å². The standard InChI is InChI=1S/C19H37N3O/c1-16(2)21-12-4-17(5-13-21)22-14-8-19(9-15-22)23-18-6-10-20(3)11-7-18/h16-19H,4-15H2,1-3H3. The third-order valence-corrected chi connectivity index (χ3v) is 6.27. The Morgan fingerprint density at radius 2 is 1.26 bits per heavy atom. The number of hydrogen-bond acceptors (Lipinski definition) is 4. The molecule has 3 saturated heterocycles. The summed E-state index contributed by atoms with van der Waals surface area (Å²) in [7, 11) is 2.22. The largest absolute Gasteiger partial charge is 0.375 e. The molecule has 0 N–H and O–H groups in total. The molecular formula is C19H37N3O. The Morgan fingerprint density at radius 3 is 1.78 bits per heavy atom. The number of nitrogens with zero attached hydrogens (tertiary/aromatic N) is 3. The van der Waals surface area contributed by atoms with Crippen molar-refractivity contribution >= 4 is 0 Å². The van der Waals surface area contributed by atoms with Gasteiger partial charge in [0, 0.05) is 38.3 Å². The van der Waals surface area contributed by atoms with Crippen molar-refractivity contribution in [3.63, 3.8) is 0 Å². The molecule has 0 saturated carbocycles. The van der Waals surface area contributed by atoms with E-state index in [1.807, 2.05) is 0 Å². The van der Waals surface area contributed by atoms with E-state index in [0.29, 0.717) is 18.2 Å². The van der Waals surface area contributed by atoms with Gasteiger partial charge in [-0.2, -0.15) is 0 Å². The van der Waals surface area contributed by atoms with Crippen LogP contribution >= 0.6 is 0 Å². The zero-order valence-electron chi connectivity index (χ0n) is 15.5. The Hall–Kier alpha value is -0.160. The first-order valence-corrected chi connectivity index (χ1v) is 9.94. The zero-order chi connectivity index (χ0) is 16.2.